The Kier molecular flexibility index (Phi) is 8.20. The minimum atomic E-state index is -3.84. The Morgan fingerprint density at radius 3 is 2.35 bits per heavy atom. The first-order chi connectivity index (χ1) is 18.7. The van der Waals surface area contributed by atoms with Gasteiger partial charge in [0, 0.05) is 12.6 Å². The van der Waals surface area contributed by atoms with E-state index in [1.54, 1.807) is 25.1 Å². The third kappa shape index (κ3) is 5.81. The molecule has 1 aromatic carbocycles. The summed E-state index contributed by atoms with van der Waals surface area (Å²) in [6, 6.07) is 5.72. The predicted octanol–water partition coefficient (Wildman–Crippen LogP) is 4.62. The zero-order chi connectivity index (χ0) is 29.5. The summed E-state index contributed by atoms with van der Waals surface area (Å²) in [5, 5.41) is 0. The molecule has 2 atom stereocenters. The van der Waals surface area contributed by atoms with Gasteiger partial charge in [-0.25, -0.2) is 22.8 Å². The van der Waals surface area contributed by atoms with Gasteiger partial charge >= 0.3 is 17.9 Å². The number of carbonyl (C=O) groups excluding carboxylic acids is 3. The number of benzene rings is 1. The summed E-state index contributed by atoms with van der Waals surface area (Å²) in [5.41, 5.74) is 0.687. The molecular formula is C29H38N2O8S. The first kappa shape index (κ1) is 29.8. The fraction of sp³-hybridized carbons (Fsp3) is 0.552. The van der Waals surface area contributed by atoms with Gasteiger partial charge < -0.3 is 19.2 Å². The van der Waals surface area contributed by atoms with E-state index in [0.29, 0.717) is 12.1 Å². The quantitative estimate of drug-likeness (QED) is 0.339. The largest absolute Gasteiger partial charge is 0.462 e. The highest BCUT2D eigenvalue weighted by atomic mass is 32.2. The average Bonchev–Trinajstić information content (AvgIpc) is 3.34. The first-order valence-corrected chi connectivity index (χ1v) is 15.0. The number of H-pyrrole nitrogens is 1. The second kappa shape index (κ2) is 11.0. The molecule has 1 saturated carbocycles. The minimum Gasteiger partial charge on any atom is -0.462 e. The number of sulfonamides is 1. The zero-order valence-corrected chi connectivity index (χ0v) is 24.8. The predicted molar refractivity (Wildman–Crippen MR) is 146 cm³/mol. The topological polar surface area (TPSA) is 132 Å². The molecule has 2 aliphatic rings. The van der Waals surface area contributed by atoms with Gasteiger partial charge in [0.2, 0.25) is 10.0 Å². The van der Waals surface area contributed by atoms with Gasteiger partial charge in [-0.3, -0.25) is 0 Å². The fourth-order valence-corrected chi connectivity index (χ4v) is 8.30. The molecule has 0 radical (unpaired) electrons. The van der Waals surface area contributed by atoms with E-state index in [0.717, 1.165) is 19.3 Å². The number of aromatic amines is 1. The molecule has 2 aromatic rings. The van der Waals surface area contributed by atoms with Crippen molar-refractivity contribution in [3.05, 3.63) is 52.3 Å². The van der Waals surface area contributed by atoms with Crippen molar-refractivity contribution in [2.75, 3.05) is 19.8 Å². The Balaban J connectivity index is 1.55. The normalized spacial score (nSPS) is 22.1. The molecule has 1 aromatic heterocycles. The van der Waals surface area contributed by atoms with Crippen molar-refractivity contribution in [3.8, 4) is 0 Å². The van der Waals surface area contributed by atoms with E-state index in [4.69, 9.17) is 14.2 Å². The van der Waals surface area contributed by atoms with E-state index in [-0.39, 0.29) is 64.1 Å². The van der Waals surface area contributed by atoms with E-state index in [1.807, 2.05) is 0 Å². The number of nitrogens with one attached hydrogen (secondary N) is 1. The Bertz CT molecular complexity index is 1430. The second-order valence-electron chi connectivity index (χ2n) is 11.8. The number of nitrogens with zero attached hydrogens (tertiary/aromatic N) is 1. The molecule has 2 heterocycles. The molecule has 1 aliphatic heterocycles. The van der Waals surface area contributed by atoms with Crippen molar-refractivity contribution in [1.82, 2.24) is 9.29 Å². The lowest BCUT2D eigenvalue weighted by Crippen LogP contribution is -2.37. The average molecular weight is 575 g/mol. The zero-order valence-electron chi connectivity index (χ0n) is 24.0. The highest BCUT2D eigenvalue weighted by Gasteiger charge is 2.53. The maximum absolute atomic E-state index is 13.7. The highest BCUT2D eigenvalue weighted by molar-refractivity contribution is 7.89. The van der Waals surface area contributed by atoms with Gasteiger partial charge in [-0.1, -0.05) is 26.8 Å². The smallest absolute Gasteiger partial charge is 0.355 e. The molecule has 0 unspecified atom stereocenters. The Labute approximate surface area is 235 Å². The van der Waals surface area contributed by atoms with E-state index in [9.17, 15) is 22.8 Å². The summed E-state index contributed by atoms with van der Waals surface area (Å²) in [6.07, 6.45) is 2.57. The summed E-state index contributed by atoms with van der Waals surface area (Å²) in [6.45, 7) is 11.7. The Morgan fingerprint density at radius 1 is 1.00 bits per heavy atom. The third-order valence-electron chi connectivity index (χ3n) is 7.68. The summed E-state index contributed by atoms with van der Waals surface area (Å²) in [5.74, 6) is -2.09. The number of esters is 3. The van der Waals surface area contributed by atoms with Crippen LogP contribution in [0.15, 0.2) is 29.2 Å². The molecule has 1 aliphatic carbocycles. The van der Waals surface area contributed by atoms with E-state index < -0.39 is 27.9 Å². The lowest BCUT2D eigenvalue weighted by Gasteiger charge is -2.39. The van der Waals surface area contributed by atoms with Crippen molar-refractivity contribution in [2.45, 2.75) is 78.3 Å². The van der Waals surface area contributed by atoms with Crippen molar-refractivity contribution in [1.29, 1.82) is 0 Å². The standard InChI is InChI=1S/C29H38N2O8S/c1-7-37-26(33)23-18(3)24(27(34)38-8-2)30-22(23)15-39-25(32)19-10-9-11-21(12-19)40(35,36)31-17-29(6)14-20(31)13-28(4,5)16-29/h9-12,20,30H,7-8,13-17H2,1-6H3/t20-,29-/m0/s1. The van der Waals surface area contributed by atoms with Crippen LogP contribution in [0.5, 0.6) is 0 Å². The molecule has 2 bridgehead atoms. The van der Waals surface area contributed by atoms with Crippen LogP contribution in [-0.2, 0) is 30.8 Å². The molecule has 40 heavy (non-hydrogen) atoms. The van der Waals surface area contributed by atoms with Crippen LogP contribution in [-0.4, -0.2) is 61.4 Å². The van der Waals surface area contributed by atoms with E-state index in [1.165, 1.54) is 24.3 Å². The van der Waals surface area contributed by atoms with Gasteiger partial charge in [0.15, 0.2) is 0 Å². The maximum atomic E-state index is 13.7. The number of rotatable bonds is 9. The van der Waals surface area contributed by atoms with Crippen molar-refractivity contribution in [3.63, 3.8) is 0 Å². The molecule has 0 spiro atoms. The monoisotopic (exact) mass is 574 g/mol. The molecular weight excluding hydrogens is 536 g/mol. The second-order valence-corrected chi connectivity index (χ2v) is 13.7. The highest BCUT2D eigenvalue weighted by Crippen LogP contribution is 2.53. The van der Waals surface area contributed by atoms with E-state index in [2.05, 4.69) is 25.8 Å². The van der Waals surface area contributed by atoms with Crippen molar-refractivity contribution < 1.29 is 37.0 Å². The first-order valence-electron chi connectivity index (χ1n) is 13.6. The molecule has 4 rings (SSSR count). The molecule has 10 nitrogen and oxygen atoms in total. The summed E-state index contributed by atoms with van der Waals surface area (Å²) in [7, 11) is -3.84. The molecule has 2 fully saturated rings. The lowest BCUT2D eigenvalue weighted by molar-refractivity contribution is 0.0445. The van der Waals surface area contributed by atoms with Crippen LogP contribution in [0.1, 0.15) is 96.3 Å². The van der Waals surface area contributed by atoms with Crippen molar-refractivity contribution in [2.24, 2.45) is 10.8 Å². The Hall–Kier alpha value is -3.18. The molecule has 218 valence electrons. The maximum Gasteiger partial charge on any atom is 0.355 e. The number of ether oxygens (including phenoxy) is 3. The van der Waals surface area contributed by atoms with Gasteiger partial charge in [0.25, 0.3) is 0 Å². The van der Waals surface area contributed by atoms with Gasteiger partial charge in [0.1, 0.15) is 12.3 Å². The summed E-state index contributed by atoms with van der Waals surface area (Å²) in [4.78, 5) is 40.9. The van der Waals surface area contributed by atoms with Crippen LogP contribution in [0.25, 0.3) is 0 Å². The van der Waals surface area contributed by atoms with Crippen LogP contribution in [0.2, 0.25) is 0 Å². The molecule has 11 heteroatoms. The van der Waals surface area contributed by atoms with Gasteiger partial charge in [-0.15, -0.1) is 0 Å². The molecule has 0 amide bonds. The van der Waals surface area contributed by atoms with E-state index >= 15 is 0 Å². The molecule has 1 saturated heterocycles. The number of carbonyl (C=O) groups is 3. The van der Waals surface area contributed by atoms with Gasteiger partial charge in [0.05, 0.1) is 34.9 Å². The van der Waals surface area contributed by atoms with Crippen LogP contribution in [0, 0.1) is 17.8 Å². The summed E-state index contributed by atoms with van der Waals surface area (Å²) >= 11 is 0. The van der Waals surface area contributed by atoms with Crippen LogP contribution >= 0.6 is 0 Å². The van der Waals surface area contributed by atoms with Crippen molar-refractivity contribution >= 4 is 27.9 Å². The third-order valence-corrected chi connectivity index (χ3v) is 9.57. The number of hydrogen-bond donors (Lipinski definition) is 1. The number of hydrogen-bond acceptors (Lipinski definition) is 8. The molecule has 1 N–H and O–H groups in total. The van der Waals surface area contributed by atoms with Crippen LogP contribution in [0.3, 0.4) is 0 Å². The van der Waals surface area contributed by atoms with Crippen LogP contribution in [0.4, 0.5) is 0 Å². The summed E-state index contributed by atoms with van der Waals surface area (Å²) < 4.78 is 44.6. The van der Waals surface area contributed by atoms with Crippen LogP contribution < -0.4 is 0 Å². The SMILES string of the molecule is CCOC(=O)c1[nH]c(COC(=O)c2cccc(S(=O)(=O)N3C[C@@]4(C)C[C@@H]3CC(C)(C)C4)c2)c(C(=O)OCC)c1C. The number of fused-ring (bicyclic) bond motifs is 2. The Morgan fingerprint density at radius 2 is 1.68 bits per heavy atom. The van der Waals surface area contributed by atoms with Gasteiger partial charge in [-0.05, 0) is 74.6 Å². The van der Waals surface area contributed by atoms with Gasteiger partial charge in [-0.2, -0.15) is 4.31 Å². The fourth-order valence-electron chi connectivity index (χ4n) is 6.48. The number of aromatic nitrogens is 1. The lowest BCUT2D eigenvalue weighted by atomic mass is 9.65. The minimum absolute atomic E-state index is 0.0310.